The van der Waals surface area contributed by atoms with Crippen molar-refractivity contribution in [2.24, 2.45) is 0 Å². The van der Waals surface area contributed by atoms with Gasteiger partial charge in [-0.15, -0.1) is 0 Å². The summed E-state index contributed by atoms with van der Waals surface area (Å²) < 4.78 is 43.9. The van der Waals surface area contributed by atoms with Crippen molar-refractivity contribution >= 4 is 40.6 Å². The average Bonchev–Trinajstić information content (AvgIpc) is 2.96. The van der Waals surface area contributed by atoms with E-state index in [0.717, 1.165) is 34.2 Å². The Morgan fingerprint density at radius 3 is 2.55 bits per heavy atom. The van der Waals surface area contributed by atoms with Gasteiger partial charge in [-0.2, -0.15) is 13.2 Å². The van der Waals surface area contributed by atoms with Crippen LogP contribution in [0.15, 0.2) is 47.4 Å². The minimum absolute atomic E-state index is 0.00920. The quantitative estimate of drug-likeness (QED) is 0.669. The zero-order valence-electron chi connectivity index (χ0n) is 16.4. The molecule has 1 fully saturated rings. The maximum atomic E-state index is 13.0. The maximum absolute atomic E-state index is 13.0. The fourth-order valence-electron chi connectivity index (χ4n) is 2.84. The summed E-state index contributed by atoms with van der Waals surface area (Å²) in [7, 11) is 1.24. The van der Waals surface area contributed by atoms with E-state index in [1.54, 1.807) is 18.2 Å². The first-order chi connectivity index (χ1) is 14.6. The summed E-state index contributed by atoms with van der Waals surface area (Å²) in [5.41, 5.74) is 0.468. The van der Waals surface area contributed by atoms with Gasteiger partial charge in [-0.25, -0.2) is 0 Å². The molecule has 162 valence electrons. The number of halogens is 3. The number of alkyl halides is 3. The summed E-state index contributed by atoms with van der Waals surface area (Å²) in [5, 5.41) is 1.63. The Morgan fingerprint density at radius 2 is 1.90 bits per heavy atom. The summed E-state index contributed by atoms with van der Waals surface area (Å²) in [4.78, 5) is 38.1. The summed E-state index contributed by atoms with van der Waals surface area (Å²) >= 11 is 0.692. The molecule has 0 bridgehead atoms. The van der Waals surface area contributed by atoms with Gasteiger partial charge in [-0.3, -0.25) is 19.3 Å². The summed E-state index contributed by atoms with van der Waals surface area (Å²) in [5.74, 6) is -1.48. The third kappa shape index (κ3) is 5.08. The molecule has 10 heteroatoms. The highest BCUT2D eigenvalue weighted by Crippen LogP contribution is 2.35. The van der Waals surface area contributed by atoms with Crippen molar-refractivity contribution in [1.29, 1.82) is 0 Å². The summed E-state index contributed by atoms with van der Waals surface area (Å²) in [6.45, 7) is 1.21. The van der Waals surface area contributed by atoms with Crippen LogP contribution < -0.4 is 10.1 Å². The number of nitrogens with one attached hydrogen (secondary N) is 1. The van der Waals surface area contributed by atoms with Gasteiger partial charge < -0.3 is 10.1 Å². The second kappa shape index (κ2) is 8.84. The number of thioether (sulfide) groups is 1. The molecule has 3 rings (SSSR count). The lowest BCUT2D eigenvalue weighted by Crippen LogP contribution is -2.36. The maximum Gasteiger partial charge on any atom is 0.416 e. The van der Waals surface area contributed by atoms with E-state index < -0.39 is 35.3 Å². The Hall–Kier alpha value is -3.27. The van der Waals surface area contributed by atoms with Gasteiger partial charge >= 0.3 is 6.18 Å². The van der Waals surface area contributed by atoms with Crippen LogP contribution >= 0.6 is 11.8 Å². The molecule has 1 aliphatic rings. The first-order valence-electron chi connectivity index (χ1n) is 8.96. The van der Waals surface area contributed by atoms with Gasteiger partial charge in [0, 0.05) is 0 Å². The molecular formula is C21H17F3N2O4S. The molecule has 1 aliphatic heterocycles. The van der Waals surface area contributed by atoms with Crippen LogP contribution in [0.2, 0.25) is 0 Å². The third-order valence-electron chi connectivity index (χ3n) is 4.45. The van der Waals surface area contributed by atoms with Crippen LogP contribution in [0, 0.1) is 6.92 Å². The number of nitrogens with zero attached hydrogens (tertiary/aromatic N) is 1. The number of imide groups is 1. The fourth-order valence-corrected chi connectivity index (χ4v) is 3.67. The zero-order chi connectivity index (χ0) is 22.8. The van der Waals surface area contributed by atoms with Gasteiger partial charge in [0.25, 0.3) is 11.1 Å². The number of anilines is 1. The number of hydrogen-bond donors (Lipinski definition) is 1. The normalized spacial score (nSPS) is 15.5. The van der Waals surface area contributed by atoms with Crippen LogP contribution in [0.3, 0.4) is 0 Å². The van der Waals surface area contributed by atoms with Gasteiger partial charge in [0.1, 0.15) is 12.3 Å². The number of carbonyl (C=O) groups is 3. The van der Waals surface area contributed by atoms with E-state index >= 15 is 0 Å². The van der Waals surface area contributed by atoms with Crippen molar-refractivity contribution < 1.29 is 32.3 Å². The molecule has 0 spiro atoms. The summed E-state index contributed by atoms with van der Waals surface area (Å²) in [6.07, 6.45) is -3.05. The molecule has 2 aromatic rings. The second-order valence-corrected chi connectivity index (χ2v) is 7.58. The molecule has 31 heavy (non-hydrogen) atoms. The predicted molar refractivity (Wildman–Crippen MR) is 110 cm³/mol. The van der Waals surface area contributed by atoms with Gasteiger partial charge in [0.15, 0.2) is 0 Å². The van der Waals surface area contributed by atoms with Crippen LogP contribution in [0.1, 0.15) is 16.7 Å². The number of rotatable bonds is 5. The van der Waals surface area contributed by atoms with E-state index in [1.165, 1.54) is 7.11 Å². The van der Waals surface area contributed by atoms with E-state index in [-0.39, 0.29) is 16.3 Å². The Bertz CT molecular complexity index is 1080. The highest BCUT2D eigenvalue weighted by Gasteiger charge is 2.37. The molecule has 0 aromatic heterocycles. The first-order valence-corrected chi connectivity index (χ1v) is 9.78. The molecule has 0 saturated carbocycles. The molecule has 1 saturated heterocycles. The van der Waals surface area contributed by atoms with Gasteiger partial charge in [0.2, 0.25) is 5.91 Å². The van der Waals surface area contributed by atoms with Crippen LogP contribution in [0.25, 0.3) is 6.08 Å². The van der Waals surface area contributed by atoms with E-state index in [2.05, 4.69) is 5.32 Å². The van der Waals surface area contributed by atoms with Gasteiger partial charge in [-0.05, 0) is 54.1 Å². The molecule has 0 radical (unpaired) electrons. The van der Waals surface area contributed by atoms with E-state index in [0.29, 0.717) is 11.8 Å². The zero-order valence-corrected chi connectivity index (χ0v) is 17.3. The Kier molecular flexibility index (Phi) is 6.40. The Labute approximate surface area is 180 Å². The molecule has 0 unspecified atom stereocenters. The minimum atomic E-state index is -4.61. The van der Waals surface area contributed by atoms with E-state index in [9.17, 15) is 27.6 Å². The lowest BCUT2D eigenvalue weighted by atomic mass is 10.1. The van der Waals surface area contributed by atoms with Gasteiger partial charge in [0.05, 0.1) is 23.3 Å². The van der Waals surface area contributed by atoms with Crippen molar-refractivity contribution in [3.63, 3.8) is 0 Å². The highest BCUT2D eigenvalue weighted by atomic mass is 32.2. The van der Waals surface area contributed by atoms with Crippen molar-refractivity contribution in [3.05, 3.63) is 64.1 Å². The van der Waals surface area contributed by atoms with Gasteiger partial charge in [-0.1, -0.05) is 24.3 Å². The van der Waals surface area contributed by atoms with Crippen molar-refractivity contribution in [2.45, 2.75) is 13.1 Å². The van der Waals surface area contributed by atoms with Crippen LogP contribution in [-0.2, 0) is 15.8 Å². The van der Waals surface area contributed by atoms with E-state index in [4.69, 9.17) is 4.74 Å². The molecular weight excluding hydrogens is 433 g/mol. The smallest absolute Gasteiger partial charge is 0.416 e. The standard InChI is InChI=1S/C21H17F3N2O4S/c1-12-5-3-4-6-13(12)9-17-19(28)26(20(29)31-17)11-18(27)25-15-10-14(21(22,23)24)7-8-16(15)30-2/h3-10H,11H2,1-2H3,(H,25,27)/b17-9-. The minimum Gasteiger partial charge on any atom is -0.495 e. The van der Waals surface area contributed by atoms with Crippen LogP contribution in [0.4, 0.5) is 23.7 Å². The van der Waals surface area contributed by atoms with Crippen molar-refractivity contribution in [3.8, 4) is 5.75 Å². The SMILES string of the molecule is COc1ccc(C(F)(F)F)cc1NC(=O)CN1C(=O)S/C(=C\c2ccccc2C)C1=O. The predicted octanol–water partition coefficient (Wildman–Crippen LogP) is 4.70. The van der Waals surface area contributed by atoms with Crippen molar-refractivity contribution in [1.82, 2.24) is 4.90 Å². The number of benzene rings is 2. The highest BCUT2D eigenvalue weighted by molar-refractivity contribution is 8.18. The number of aryl methyl sites for hydroxylation is 1. The number of carbonyl (C=O) groups excluding carboxylic acids is 3. The lowest BCUT2D eigenvalue weighted by Gasteiger charge is -2.16. The molecule has 0 aliphatic carbocycles. The molecule has 1 N–H and O–H groups in total. The number of amides is 3. The molecule has 0 atom stereocenters. The number of ether oxygens (including phenoxy) is 1. The topological polar surface area (TPSA) is 75.7 Å². The molecule has 1 heterocycles. The van der Waals surface area contributed by atoms with E-state index in [1.807, 2.05) is 19.1 Å². The average molecular weight is 450 g/mol. The molecule has 6 nitrogen and oxygen atoms in total. The first kappa shape index (κ1) is 22.4. The second-order valence-electron chi connectivity index (χ2n) is 6.59. The Morgan fingerprint density at radius 1 is 1.19 bits per heavy atom. The lowest BCUT2D eigenvalue weighted by molar-refractivity contribution is -0.137. The molecule has 2 aromatic carbocycles. The van der Waals surface area contributed by atoms with Crippen molar-refractivity contribution in [2.75, 3.05) is 19.0 Å². The number of methoxy groups -OCH3 is 1. The fraction of sp³-hybridized carbons (Fsp3) is 0.190. The third-order valence-corrected chi connectivity index (χ3v) is 5.36. The van der Waals surface area contributed by atoms with Crippen LogP contribution in [-0.4, -0.2) is 35.6 Å². The Balaban J connectivity index is 1.76. The largest absolute Gasteiger partial charge is 0.495 e. The number of hydrogen-bond acceptors (Lipinski definition) is 5. The monoisotopic (exact) mass is 450 g/mol. The van der Waals surface area contributed by atoms with Crippen LogP contribution in [0.5, 0.6) is 5.75 Å². The molecule has 3 amide bonds. The summed E-state index contributed by atoms with van der Waals surface area (Å²) in [6, 6.07) is 9.89.